The topological polar surface area (TPSA) is 94.7 Å². The van der Waals surface area contributed by atoms with Gasteiger partial charge in [-0.3, -0.25) is 13.9 Å². The van der Waals surface area contributed by atoms with Gasteiger partial charge in [-0.2, -0.15) is 0 Å². The fraction of sp³-hybridized carbons (Fsp3) is 0.524. The lowest BCUT2D eigenvalue weighted by molar-refractivity contribution is 0.0239. The summed E-state index contributed by atoms with van der Waals surface area (Å²) < 4.78 is 14.0. The lowest BCUT2D eigenvalue weighted by Crippen LogP contribution is -2.43. The maximum atomic E-state index is 12.5. The Bertz CT molecular complexity index is 896. The van der Waals surface area contributed by atoms with Gasteiger partial charge in [0.05, 0.1) is 25.3 Å². The highest BCUT2D eigenvalue weighted by molar-refractivity contribution is 5.43. The van der Waals surface area contributed by atoms with Crippen molar-refractivity contribution in [1.29, 1.82) is 0 Å². The summed E-state index contributed by atoms with van der Waals surface area (Å²) >= 11 is 0. The Kier molecular flexibility index (Phi) is 8.04. The van der Waals surface area contributed by atoms with Crippen molar-refractivity contribution >= 4 is 5.82 Å². The van der Waals surface area contributed by atoms with Gasteiger partial charge in [0.2, 0.25) is 0 Å². The summed E-state index contributed by atoms with van der Waals surface area (Å²) in [6.45, 7) is 8.04. The van der Waals surface area contributed by atoms with E-state index in [1.807, 2.05) is 45.0 Å². The average molecular weight is 405 g/mol. The van der Waals surface area contributed by atoms with Crippen molar-refractivity contribution in [2.45, 2.75) is 40.5 Å². The van der Waals surface area contributed by atoms with Crippen LogP contribution in [0.5, 0.6) is 5.75 Å². The van der Waals surface area contributed by atoms with E-state index in [4.69, 9.17) is 14.6 Å². The van der Waals surface area contributed by atoms with Gasteiger partial charge in [-0.05, 0) is 37.5 Å². The molecule has 2 N–H and O–H groups in total. The molecule has 1 atom stereocenters. The van der Waals surface area contributed by atoms with Crippen LogP contribution in [0.15, 0.2) is 33.9 Å². The van der Waals surface area contributed by atoms with E-state index in [9.17, 15) is 9.59 Å². The van der Waals surface area contributed by atoms with Crippen LogP contribution < -0.4 is 21.3 Å². The van der Waals surface area contributed by atoms with E-state index in [0.29, 0.717) is 24.6 Å². The molecular weight excluding hydrogens is 374 g/mol. The molecule has 2 aromatic rings. The van der Waals surface area contributed by atoms with Crippen molar-refractivity contribution in [2.75, 3.05) is 25.1 Å². The summed E-state index contributed by atoms with van der Waals surface area (Å²) in [6.07, 6.45) is -0.409. The van der Waals surface area contributed by atoms with Gasteiger partial charge >= 0.3 is 5.69 Å². The first-order valence-electron chi connectivity index (χ1n) is 9.75. The van der Waals surface area contributed by atoms with E-state index in [1.165, 1.54) is 4.57 Å². The molecule has 1 aromatic carbocycles. The summed E-state index contributed by atoms with van der Waals surface area (Å²) in [4.78, 5) is 24.9. The second-order valence-corrected chi connectivity index (χ2v) is 7.34. The van der Waals surface area contributed by atoms with Crippen molar-refractivity contribution in [3.63, 3.8) is 0 Å². The van der Waals surface area contributed by atoms with Crippen molar-refractivity contribution in [3.8, 4) is 5.75 Å². The number of hydrogen-bond donors (Lipinski definition) is 2. The lowest BCUT2D eigenvalue weighted by Gasteiger charge is -2.26. The first-order chi connectivity index (χ1) is 13.8. The van der Waals surface area contributed by atoms with Crippen LogP contribution in [-0.4, -0.2) is 40.3 Å². The van der Waals surface area contributed by atoms with Gasteiger partial charge < -0.3 is 19.9 Å². The molecule has 2 rings (SSSR count). The Balaban J connectivity index is 2.09. The van der Waals surface area contributed by atoms with Crippen LogP contribution in [0.2, 0.25) is 0 Å². The number of aromatic nitrogens is 2. The molecule has 8 heteroatoms. The highest BCUT2D eigenvalue weighted by Crippen LogP contribution is 2.15. The number of anilines is 1. The molecule has 8 nitrogen and oxygen atoms in total. The number of aliphatic hydroxyl groups is 1. The zero-order chi connectivity index (χ0) is 21.6. The van der Waals surface area contributed by atoms with Crippen LogP contribution >= 0.6 is 0 Å². The zero-order valence-electron chi connectivity index (χ0n) is 17.8. The van der Waals surface area contributed by atoms with Crippen molar-refractivity contribution in [3.05, 3.63) is 56.2 Å². The van der Waals surface area contributed by atoms with Gasteiger partial charge in [0.25, 0.3) is 5.56 Å². The second-order valence-electron chi connectivity index (χ2n) is 7.34. The molecule has 1 unspecified atom stereocenters. The Morgan fingerprint density at radius 2 is 1.90 bits per heavy atom. The van der Waals surface area contributed by atoms with E-state index >= 15 is 0 Å². The number of hydrogen-bond acceptors (Lipinski definition) is 6. The molecular formula is C21H31N3O5. The molecule has 0 saturated carbocycles. The van der Waals surface area contributed by atoms with Crippen LogP contribution in [0.1, 0.15) is 25.0 Å². The predicted molar refractivity (Wildman–Crippen MR) is 113 cm³/mol. The Hall–Kier alpha value is -2.58. The third-order valence-corrected chi connectivity index (χ3v) is 4.62. The molecule has 0 spiro atoms. The first kappa shape index (κ1) is 22.7. The molecule has 160 valence electrons. The number of nitrogens with one attached hydrogen (secondary N) is 1. The van der Waals surface area contributed by atoms with Gasteiger partial charge in [-0.25, -0.2) is 4.79 Å². The number of ether oxygens (including phenoxy) is 2. The SMILES string of the molecule is Cc1cccc(OCCOC(Nc2c(C)c(=O)n(CCO)c(=O)n2C)C(C)C)c1. The van der Waals surface area contributed by atoms with Gasteiger partial charge in [0.15, 0.2) is 0 Å². The zero-order valence-corrected chi connectivity index (χ0v) is 17.8. The molecule has 0 aliphatic heterocycles. The fourth-order valence-electron chi connectivity index (χ4n) is 3.00. The molecule has 0 aliphatic carbocycles. The Morgan fingerprint density at radius 3 is 2.52 bits per heavy atom. The molecule has 29 heavy (non-hydrogen) atoms. The highest BCUT2D eigenvalue weighted by Gasteiger charge is 2.20. The molecule has 0 fully saturated rings. The van der Waals surface area contributed by atoms with E-state index < -0.39 is 17.5 Å². The highest BCUT2D eigenvalue weighted by atomic mass is 16.5. The van der Waals surface area contributed by atoms with Gasteiger partial charge in [-0.15, -0.1) is 0 Å². The lowest BCUT2D eigenvalue weighted by atomic mass is 10.2. The van der Waals surface area contributed by atoms with E-state index in [1.54, 1.807) is 14.0 Å². The van der Waals surface area contributed by atoms with E-state index in [-0.39, 0.29) is 19.1 Å². The minimum Gasteiger partial charge on any atom is -0.491 e. The molecule has 1 heterocycles. The third kappa shape index (κ3) is 5.71. The first-order valence-corrected chi connectivity index (χ1v) is 9.75. The summed E-state index contributed by atoms with van der Waals surface area (Å²) in [5.41, 5.74) is 0.612. The van der Waals surface area contributed by atoms with Crippen LogP contribution in [0, 0.1) is 19.8 Å². The monoisotopic (exact) mass is 405 g/mol. The summed E-state index contributed by atoms with van der Waals surface area (Å²) in [7, 11) is 1.59. The van der Waals surface area contributed by atoms with Crippen LogP contribution in [-0.2, 0) is 18.3 Å². The maximum Gasteiger partial charge on any atom is 0.332 e. The Labute approximate surface area is 170 Å². The van der Waals surface area contributed by atoms with Crippen molar-refractivity contribution in [2.24, 2.45) is 13.0 Å². The molecule has 0 saturated heterocycles. The van der Waals surface area contributed by atoms with Crippen molar-refractivity contribution < 1.29 is 14.6 Å². The number of aryl methyl sites for hydroxylation is 1. The average Bonchev–Trinajstić information content (AvgIpc) is 2.68. The molecule has 0 bridgehead atoms. The minimum atomic E-state index is -0.484. The number of benzene rings is 1. The van der Waals surface area contributed by atoms with Gasteiger partial charge in [0.1, 0.15) is 24.4 Å². The van der Waals surface area contributed by atoms with Crippen LogP contribution in [0.25, 0.3) is 0 Å². The maximum absolute atomic E-state index is 12.5. The van der Waals surface area contributed by atoms with E-state index in [0.717, 1.165) is 15.9 Å². The second kappa shape index (κ2) is 10.3. The normalized spacial score (nSPS) is 12.2. The summed E-state index contributed by atoms with van der Waals surface area (Å²) in [6, 6.07) is 7.79. The largest absolute Gasteiger partial charge is 0.491 e. The van der Waals surface area contributed by atoms with Gasteiger partial charge in [-0.1, -0.05) is 26.0 Å². The molecule has 0 amide bonds. The van der Waals surface area contributed by atoms with Crippen LogP contribution in [0.3, 0.4) is 0 Å². The summed E-state index contributed by atoms with van der Waals surface area (Å²) in [5.74, 6) is 1.28. The molecule has 1 aromatic heterocycles. The molecule has 0 aliphatic rings. The number of nitrogens with zero attached hydrogens (tertiary/aromatic N) is 2. The van der Waals surface area contributed by atoms with Crippen molar-refractivity contribution in [1.82, 2.24) is 9.13 Å². The minimum absolute atomic E-state index is 0.0347. The fourth-order valence-corrected chi connectivity index (χ4v) is 3.00. The van der Waals surface area contributed by atoms with E-state index in [2.05, 4.69) is 5.32 Å². The smallest absolute Gasteiger partial charge is 0.332 e. The Morgan fingerprint density at radius 1 is 1.17 bits per heavy atom. The quantitative estimate of drug-likeness (QED) is 0.461. The van der Waals surface area contributed by atoms with Crippen LogP contribution in [0.4, 0.5) is 5.82 Å². The standard InChI is InChI=1S/C21H31N3O5/c1-14(2)19(29-12-11-28-17-8-6-7-15(3)13-17)22-18-16(4)20(26)24(9-10-25)21(27)23(18)5/h6-8,13-14,19,22,25H,9-12H2,1-5H3. The summed E-state index contributed by atoms with van der Waals surface area (Å²) in [5, 5.41) is 12.3. The number of aliphatic hydroxyl groups excluding tert-OH is 1. The third-order valence-electron chi connectivity index (χ3n) is 4.62. The number of rotatable bonds is 10. The van der Waals surface area contributed by atoms with Gasteiger partial charge in [0, 0.05) is 7.05 Å². The predicted octanol–water partition coefficient (Wildman–Crippen LogP) is 1.65. The molecule has 0 radical (unpaired) electrons.